The molecule has 0 aromatic heterocycles. The molecule has 0 unspecified atom stereocenters. The van der Waals surface area contributed by atoms with Gasteiger partial charge in [0.2, 0.25) is 0 Å². The second-order valence-corrected chi connectivity index (χ2v) is 5.48. The Balaban J connectivity index is 2.38. The molecule has 0 aromatic carbocycles. The van der Waals surface area contributed by atoms with Crippen LogP contribution in [0.15, 0.2) is 0 Å². The highest BCUT2D eigenvalue weighted by molar-refractivity contribution is 4.82. The van der Waals surface area contributed by atoms with Crippen molar-refractivity contribution >= 4 is 0 Å². The van der Waals surface area contributed by atoms with E-state index in [-0.39, 0.29) is 5.41 Å². The summed E-state index contributed by atoms with van der Waals surface area (Å²) >= 11 is 0. The standard InChI is InChI=1S/C14H30N2O/c1-4-7-15-8-10-16(11-9-15)12-14(5-2,6-3)13-17/h17H,4-13H2,1-3H3. The lowest BCUT2D eigenvalue weighted by Gasteiger charge is -2.40. The van der Waals surface area contributed by atoms with Gasteiger partial charge >= 0.3 is 0 Å². The van der Waals surface area contributed by atoms with Crippen molar-refractivity contribution in [1.29, 1.82) is 0 Å². The highest BCUT2D eigenvalue weighted by Crippen LogP contribution is 2.27. The van der Waals surface area contributed by atoms with Crippen LogP contribution in [-0.2, 0) is 0 Å². The van der Waals surface area contributed by atoms with Gasteiger partial charge in [-0.05, 0) is 25.8 Å². The molecule has 0 aromatic rings. The van der Waals surface area contributed by atoms with Crippen molar-refractivity contribution in [3.05, 3.63) is 0 Å². The highest BCUT2D eigenvalue weighted by Gasteiger charge is 2.29. The maximum absolute atomic E-state index is 9.61. The molecule has 1 rings (SSSR count). The van der Waals surface area contributed by atoms with Gasteiger partial charge in [-0.2, -0.15) is 0 Å². The van der Waals surface area contributed by atoms with Gasteiger partial charge in [0.15, 0.2) is 0 Å². The van der Waals surface area contributed by atoms with Crippen molar-refractivity contribution in [2.75, 3.05) is 45.9 Å². The minimum atomic E-state index is 0.132. The number of rotatable bonds is 7. The highest BCUT2D eigenvalue weighted by atomic mass is 16.3. The summed E-state index contributed by atoms with van der Waals surface area (Å²) in [4.78, 5) is 5.09. The first-order chi connectivity index (χ1) is 8.19. The Bertz CT molecular complexity index is 188. The third kappa shape index (κ3) is 4.23. The van der Waals surface area contributed by atoms with E-state index in [4.69, 9.17) is 0 Å². The fourth-order valence-electron chi connectivity index (χ4n) is 2.71. The molecular weight excluding hydrogens is 212 g/mol. The van der Waals surface area contributed by atoms with Gasteiger partial charge in [-0.3, -0.25) is 0 Å². The van der Waals surface area contributed by atoms with Crippen LogP contribution in [0.5, 0.6) is 0 Å². The zero-order valence-corrected chi connectivity index (χ0v) is 11.9. The smallest absolute Gasteiger partial charge is 0.0499 e. The first kappa shape index (κ1) is 14.9. The Morgan fingerprint density at radius 2 is 1.47 bits per heavy atom. The molecule has 1 aliphatic heterocycles. The van der Waals surface area contributed by atoms with E-state index in [1.165, 1.54) is 39.1 Å². The molecule has 1 aliphatic rings. The largest absolute Gasteiger partial charge is 0.396 e. The molecule has 0 aliphatic carbocycles. The molecule has 1 fully saturated rings. The van der Waals surface area contributed by atoms with Gasteiger partial charge in [-0.25, -0.2) is 0 Å². The second kappa shape index (κ2) is 7.34. The van der Waals surface area contributed by atoms with Crippen molar-refractivity contribution in [2.45, 2.75) is 40.0 Å². The normalized spacial score (nSPS) is 19.8. The second-order valence-electron chi connectivity index (χ2n) is 5.48. The average molecular weight is 242 g/mol. The topological polar surface area (TPSA) is 26.7 Å². The van der Waals surface area contributed by atoms with Gasteiger partial charge in [0, 0.05) is 44.7 Å². The number of piperazine rings is 1. The van der Waals surface area contributed by atoms with E-state index in [1.807, 2.05) is 0 Å². The summed E-state index contributed by atoms with van der Waals surface area (Å²) in [5.74, 6) is 0. The number of aliphatic hydroxyl groups is 1. The van der Waals surface area contributed by atoms with Crippen LogP contribution in [0.3, 0.4) is 0 Å². The fourth-order valence-corrected chi connectivity index (χ4v) is 2.71. The Hall–Kier alpha value is -0.120. The third-order valence-electron chi connectivity index (χ3n) is 4.40. The van der Waals surface area contributed by atoms with Crippen LogP contribution < -0.4 is 0 Å². The van der Waals surface area contributed by atoms with Crippen molar-refractivity contribution in [3.63, 3.8) is 0 Å². The van der Waals surface area contributed by atoms with E-state index < -0.39 is 0 Å². The molecule has 3 heteroatoms. The molecule has 102 valence electrons. The van der Waals surface area contributed by atoms with E-state index in [2.05, 4.69) is 30.6 Å². The Morgan fingerprint density at radius 1 is 0.941 bits per heavy atom. The summed E-state index contributed by atoms with van der Waals surface area (Å²) in [5, 5.41) is 9.61. The van der Waals surface area contributed by atoms with Crippen LogP contribution in [0.25, 0.3) is 0 Å². The van der Waals surface area contributed by atoms with Gasteiger partial charge in [-0.15, -0.1) is 0 Å². The van der Waals surface area contributed by atoms with Crippen molar-refractivity contribution in [3.8, 4) is 0 Å². The van der Waals surface area contributed by atoms with Crippen LogP contribution in [-0.4, -0.2) is 60.8 Å². The molecular formula is C14H30N2O. The summed E-state index contributed by atoms with van der Waals surface area (Å²) in [6.45, 7) is 14.0. The summed E-state index contributed by atoms with van der Waals surface area (Å²) in [6.07, 6.45) is 3.41. The molecule has 1 saturated heterocycles. The van der Waals surface area contributed by atoms with Crippen molar-refractivity contribution in [1.82, 2.24) is 9.80 Å². The lowest BCUT2D eigenvalue weighted by molar-refractivity contribution is 0.0407. The van der Waals surface area contributed by atoms with E-state index in [0.29, 0.717) is 6.61 Å². The number of aliphatic hydroxyl groups excluding tert-OH is 1. The van der Waals surface area contributed by atoms with E-state index in [0.717, 1.165) is 19.4 Å². The molecule has 17 heavy (non-hydrogen) atoms. The predicted molar refractivity (Wildman–Crippen MR) is 73.3 cm³/mol. The third-order valence-corrected chi connectivity index (χ3v) is 4.40. The zero-order valence-electron chi connectivity index (χ0n) is 11.9. The van der Waals surface area contributed by atoms with Gasteiger partial charge in [0.05, 0.1) is 0 Å². The van der Waals surface area contributed by atoms with Gasteiger partial charge in [0.25, 0.3) is 0 Å². The Morgan fingerprint density at radius 3 is 1.88 bits per heavy atom. The fraction of sp³-hybridized carbons (Fsp3) is 1.00. The molecule has 0 spiro atoms. The quantitative estimate of drug-likeness (QED) is 0.737. The molecule has 0 saturated carbocycles. The first-order valence-electron chi connectivity index (χ1n) is 7.25. The molecule has 0 amide bonds. The van der Waals surface area contributed by atoms with Crippen molar-refractivity contribution < 1.29 is 5.11 Å². The molecule has 1 heterocycles. The molecule has 0 atom stereocenters. The van der Waals surface area contributed by atoms with Gasteiger partial charge < -0.3 is 14.9 Å². The molecule has 0 radical (unpaired) electrons. The number of hydrogen-bond donors (Lipinski definition) is 1. The number of nitrogens with zero attached hydrogens (tertiary/aromatic N) is 2. The molecule has 3 nitrogen and oxygen atoms in total. The van der Waals surface area contributed by atoms with Crippen LogP contribution in [0, 0.1) is 5.41 Å². The van der Waals surface area contributed by atoms with Gasteiger partial charge in [-0.1, -0.05) is 20.8 Å². The van der Waals surface area contributed by atoms with Crippen LogP contribution in [0.4, 0.5) is 0 Å². The van der Waals surface area contributed by atoms with Crippen molar-refractivity contribution in [2.24, 2.45) is 5.41 Å². The maximum Gasteiger partial charge on any atom is 0.0499 e. The van der Waals surface area contributed by atoms with Crippen LogP contribution >= 0.6 is 0 Å². The monoisotopic (exact) mass is 242 g/mol. The van der Waals surface area contributed by atoms with Gasteiger partial charge in [0.1, 0.15) is 0 Å². The Labute approximate surface area is 107 Å². The zero-order chi connectivity index (χ0) is 12.7. The SMILES string of the molecule is CCCN1CCN(CC(CC)(CC)CO)CC1. The summed E-state index contributed by atoms with van der Waals surface area (Å²) in [7, 11) is 0. The number of hydrogen-bond acceptors (Lipinski definition) is 3. The summed E-state index contributed by atoms with van der Waals surface area (Å²) < 4.78 is 0. The predicted octanol–water partition coefficient (Wildman–Crippen LogP) is 1.81. The summed E-state index contributed by atoms with van der Waals surface area (Å²) in [6, 6.07) is 0. The van der Waals surface area contributed by atoms with Crippen LogP contribution in [0.1, 0.15) is 40.0 Å². The molecule has 1 N–H and O–H groups in total. The Kier molecular flexibility index (Phi) is 6.45. The summed E-state index contributed by atoms with van der Waals surface area (Å²) in [5.41, 5.74) is 0.132. The van der Waals surface area contributed by atoms with E-state index >= 15 is 0 Å². The lowest BCUT2D eigenvalue weighted by atomic mass is 9.82. The van der Waals surface area contributed by atoms with E-state index in [1.54, 1.807) is 0 Å². The minimum Gasteiger partial charge on any atom is -0.396 e. The van der Waals surface area contributed by atoms with E-state index in [9.17, 15) is 5.11 Å². The molecule has 0 bridgehead atoms. The minimum absolute atomic E-state index is 0.132. The first-order valence-corrected chi connectivity index (χ1v) is 7.25. The van der Waals surface area contributed by atoms with Crippen LogP contribution in [0.2, 0.25) is 0 Å². The average Bonchev–Trinajstić information content (AvgIpc) is 2.39. The maximum atomic E-state index is 9.61. The lowest BCUT2D eigenvalue weighted by Crippen LogP contribution is -2.50.